The van der Waals surface area contributed by atoms with Gasteiger partial charge in [-0.3, -0.25) is 0 Å². The molecule has 0 atom stereocenters. The highest BCUT2D eigenvalue weighted by atomic mass is 16.7. The summed E-state index contributed by atoms with van der Waals surface area (Å²) in [4.78, 5) is 0. The molecule has 1 N–H and O–H groups in total. The van der Waals surface area contributed by atoms with Gasteiger partial charge in [-0.25, -0.2) is 0 Å². The highest BCUT2D eigenvalue weighted by molar-refractivity contribution is 4.31. The summed E-state index contributed by atoms with van der Waals surface area (Å²) in [6.07, 6.45) is 0. The van der Waals surface area contributed by atoms with Gasteiger partial charge in [0.15, 0.2) is 0 Å². The first-order chi connectivity index (χ1) is 6.91. The van der Waals surface area contributed by atoms with E-state index in [1.165, 1.54) is 0 Å². The van der Waals surface area contributed by atoms with Crippen molar-refractivity contribution in [1.82, 2.24) is 0 Å². The van der Waals surface area contributed by atoms with Crippen LogP contribution in [0.1, 0.15) is 6.92 Å². The van der Waals surface area contributed by atoms with E-state index < -0.39 is 0 Å². The first-order valence-electron chi connectivity index (χ1n) is 4.83. The van der Waals surface area contributed by atoms with Gasteiger partial charge in [-0.1, -0.05) is 0 Å². The number of aliphatic hydroxyl groups is 1. The predicted octanol–water partition coefficient (Wildman–Crippen LogP) is 0.0225. The maximum Gasteiger partial charge on any atom is 0.146 e. The van der Waals surface area contributed by atoms with Crippen LogP contribution in [-0.4, -0.2) is 58.1 Å². The summed E-state index contributed by atoms with van der Waals surface area (Å²) in [6, 6.07) is 0. The first-order valence-corrected chi connectivity index (χ1v) is 4.83. The van der Waals surface area contributed by atoms with Crippen LogP contribution in [0.5, 0.6) is 0 Å². The minimum Gasteiger partial charge on any atom is -0.394 e. The molecular weight excluding hydrogens is 188 g/mol. The smallest absolute Gasteiger partial charge is 0.146 e. The summed E-state index contributed by atoms with van der Waals surface area (Å²) in [5.74, 6) is 0. The molecule has 0 saturated carbocycles. The van der Waals surface area contributed by atoms with Crippen molar-refractivity contribution in [1.29, 1.82) is 0 Å². The third-order valence-electron chi connectivity index (χ3n) is 1.35. The molecular formula is C9H20O5. The number of hydrogen-bond donors (Lipinski definition) is 1. The topological polar surface area (TPSA) is 57.2 Å². The van der Waals surface area contributed by atoms with Crippen molar-refractivity contribution in [3.63, 3.8) is 0 Å². The second-order valence-corrected chi connectivity index (χ2v) is 2.47. The van der Waals surface area contributed by atoms with Crippen LogP contribution < -0.4 is 0 Å². The van der Waals surface area contributed by atoms with Crippen LogP contribution in [0.15, 0.2) is 0 Å². The van der Waals surface area contributed by atoms with Crippen molar-refractivity contribution in [2.45, 2.75) is 6.92 Å². The van der Waals surface area contributed by atoms with Gasteiger partial charge in [0.2, 0.25) is 0 Å². The Morgan fingerprint density at radius 2 is 1.36 bits per heavy atom. The average Bonchev–Trinajstić information content (AvgIpc) is 2.21. The third-order valence-corrected chi connectivity index (χ3v) is 1.35. The molecule has 0 unspecified atom stereocenters. The van der Waals surface area contributed by atoms with Crippen LogP contribution in [0.3, 0.4) is 0 Å². The molecule has 0 aliphatic rings. The summed E-state index contributed by atoms with van der Waals surface area (Å²) in [5, 5.41) is 8.39. The van der Waals surface area contributed by atoms with Gasteiger partial charge in [0.1, 0.15) is 6.79 Å². The van der Waals surface area contributed by atoms with E-state index in [2.05, 4.69) is 0 Å². The fourth-order valence-electron chi connectivity index (χ4n) is 0.706. The van der Waals surface area contributed by atoms with Crippen LogP contribution in [0.25, 0.3) is 0 Å². The first kappa shape index (κ1) is 13.8. The Labute approximate surface area is 84.9 Å². The van der Waals surface area contributed by atoms with Crippen molar-refractivity contribution in [2.24, 2.45) is 0 Å². The molecule has 0 saturated heterocycles. The Morgan fingerprint density at radius 1 is 0.786 bits per heavy atom. The Kier molecular flexibility index (Phi) is 12.6. The second kappa shape index (κ2) is 12.8. The lowest BCUT2D eigenvalue weighted by Gasteiger charge is -2.05. The van der Waals surface area contributed by atoms with Crippen molar-refractivity contribution in [3.8, 4) is 0 Å². The number of ether oxygens (including phenoxy) is 4. The number of aliphatic hydroxyl groups excluding tert-OH is 1. The Morgan fingerprint density at radius 3 is 1.93 bits per heavy atom. The molecule has 14 heavy (non-hydrogen) atoms. The highest BCUT2D eigenvalue weighted by Gasteiger charge is 1.90. The zero-order valence-electron chi connectivity index (χ0n) is 8.74. The quantitative estimate of drug-likeness (QED) is 0.383. The van der Waals surface area contributed by atoms with Crippen molar-refractivity contribution < 1.29 is 24.1 Å². The summed E-state index contributed by atoms with van der Waals surface area (Å²) in [7, 11) is 0. The van der Waals surface area contributed by atoms with Gasteiger partial charge in [0.05, 0.1) is 39.6 Å². The Balaban J connectivity index is 2.78. The van der Waals surface area contributed by atoms with E-state index in [1.54, 1.807) is 0 Å². The molecule has 0 bridgehead atoms. The number of hydrogen-bond acceptors (Lipinski definition) is 5. The molecule has 86 valence electrons. The average molecular weight is 208 g/mol. The van der Waals surface area contributed by atoms with Gasteiger partial charge < -0.3 is 24.1 Å². The summed E-state index contributed by atoms with van der Waals surface area (Å²) in [5.41, 5.74) is 0. The lowest BCUT2D eigenvalue weighted by molar-refractivity contribution is -0.0693. The SMILES string of the molecule is CCOCOCCOCCOCCO. The van der Waals surface area contributed by atoms with Crippen molar-refractivity contribution >= 4 is 0 Å². The minimum absolute atomic E-state index is 0.0530. The van der Waals surface area contributed by atoms with E-state index in [0.717, 1.165) is 0 Å². The van der Waals surface area contributed by atoms with Crippen molar-refractivity contribution in [3.05, 3.63) is 0 Å². The van der Waals surface area contributed by atoms with Gasteiger partial charge in [0.25, 0.3) is 0 Å². The van der Waals surface area contributed by atoms with Gasteiger partial charge >= 0.3 is 0 Å². The van der Waals surface area contributed by atoms with E-state index >= 15 is 0 Å². The van der Waals surface area contributed by atoms with Crippen LogP contribution >= 0.6 is 0 Å². The molecule has 0 aliphatic heterocycles. The zero-order valence-corrected chi connectivity index (χ0v) is 8.74. The van der Waals surface area contributed by atoms with E-state index in [0.29, 0.717) is 46.4 Å². The standard InChI is InChI=1S/C9H20O5/c1-2-11-9-14-8-7-13-6-5-12-4-3-10/h10H,2-9H2,1H3. The molecule has 0 aromatic rings. The molecule has 0 fully saturated rings. The normalized spacial score (nSPS) is 10.7. The largest absolute Gasteiger partial charge is 0.394 e. The van der Waals surface area contributed by atoms with E-state index in [9.17, 15) is 0 Å². The fourth-order valence-corrected chi connectivity index (χ4v) is 0.706. The molecule has 5 heteroatoms. The third kappa shape index (κ3) is 11.8. The van der Waals surface area contributed by atoms with Crippen LogP contribution in [0.2, 0.25) is 0 Å². The molecule has 0 aromatic heterocycles. The van der Waals surface area contributed by atoms with Gasteiger partial charge in [-0.05, 0) is 6.92 Å². The van der Waals surface area contributed by atoms with Gasteiger partial charge in [-0.15, -0.1) is 0 Å². The molecule has 0 rings (SSSR count). The molecule has 0 radical (unpaired) electrons. The second-order valence-electron chi connectivity index (χ2n) is 2.47. The van der Waals surface area contributed by atoms with Crippen LogP contribution in [0.4, 0.5) is 0 Å². The van der Waals surface area contributed by atoms with Crippen LogP contribution in [0, 0.1) is 0 Å². The molecule has 0 spiro atoms. The maximum atomic E-state index is 8.39. The van der Waals surface area contributed by atoms with E-state index in [-0.39, 0.29) is 6.61 Å². The Bertz CT molecular complexity index is 87.2. The van der Waals surface area contributed by atoms with Crippen molar-refractivity contribution in [2.75, 3.05) is 53.0 Å². The van der Waals surface area contributed by atoms with Crippen LogP contribution in [-0.2, 0) is 18.9 Å². The molecule has 0 aliphatic carbocycles. The van der Waals surface area contributed by atoms with E-state index in [4.69, 9.17) is 24.1 Å². The fraction of sp³-hybridized carbons (Fsp3) is 1.00. The summed E-state index contributed by atoms with van der Waals surface area (Å²) >= 11 is 0. The molecule has 0 heterocycles. The molecule has 0 amide bonds. The molecule has 0 aromatic carbocycles. The molecule has 5 nitrogen and oxygen atoms in total. The minimum atomic E-state index is 0.0530. The monoisotopic (exact) mass is 208 g/mol. The summed E-state index contributed by atoms with van der Waals surface area (Å²) in [6.45, 7) is 5.41. The maximum absolute atomic E-state index is 8.39. The lowest BCUT2D eigenvalue weighted by atomic mass is 10.7. The van der Waals surface area contributed by atoms with E-state index in [1.807, 2.05) is 6.92 Å². The predicted molar refractivity (Wildman–Crippen MR) is 51.2 cm³/mol. The highest BCUT2D eigenvalue weighted by Crippen LogP contribution is 1.81. The lowest BCUT2D eigenvalue weighted by Crippen LogP contribution is -2.11. The zero-order chi connectivity index (χ0) is 10.5. The van der Waals surface area contributed by atoms with Gasteiger partial charge in [-0.2, -0.15) is 0 Å². The Hall–Kier alpha value is -0.200. The number of rotatable bonds is 11. The summed E-state index contributed by atoms with van der Waals surface area (Å²) < 4.78 is 20.2. The van der Waals surface area contributed by atoms with Gasteiger partial charge in [0, 0.05) is 6.61 Å².